The summed E-state index contributed by atoms with van der Waals surface area (Å²) < 4.78 is 15.0. The number of hydrogen-bond acceptors (Lipinski definition) is 4. The van der Waals surface area contributed by atoms with Gasteiger partial charge in [-0.05, 0) is 149 Å². The molecule has 0 bridgehead atoms. The minimum atomic E-state index is -0.889. The average molecular weight is 1030 g/mol. The van der Waals surface area contributed by atoms with Gasteiger partial charge in [0.05, 0.1) is 22.2 Å². The van der Waals surface area contributed by atoms with Crippen LogP contribution in [0.25, 0.3) is 55.0 Å². The molecule has 2 aromatic heterocycles. The van der Waals surface area contributed by atoms with E-state index in [4.69, 9.17) is 8.83 Å². The third-order valence-corrected chi connectivity index (χ3v) is 17.6. The summed E-state index contributed by atoms with van der Waals surface area (Å²) >= 11 is 0. The summed E-state index contributed by atoms with van der Waals surface area (Å²) in [5.74, 6) is 0. The minimum absolute atomic E-state index is 0.0201. The van der Waals surface area contributed by atoms with Crippen LogP contribution in [0.2, 0.25) is 0 Å². The molecule has 0 fully saturated rings. The first-order valence-electron chi connectivity index (χ1n) is 27.3. The van der Waals surface area contributed by atoms with Gasteiger partial charge in [-0.15, -0.1) is 0 Å². The van der Waals surface area contributed by atoms with Crippen LogP contribution >= 0.6 is 0 Å². The molecule has 10 aromatic carbocycles. The monoisotopic (exact) mass is 1030 g/mol. The topological polar surface area (TPSA) is 32.8 Å². The summed E-state index contributed by atoms with van der Waals surface area (Å²) in [6.07, 6.45) is 4.62. The highest BCUT2D eigenvalue weighted by molar-refractivity contribution is 7.95. The summed E-state index contributed by atoms with van der Waals surface area (Å²) in [4.78, 5) is 6.20. The zero-order valence-electron chi connectivity index (χ0n) is 46.3. The van der Waals surface area contributed by atoms with Gasteiger partial charge in [0.15, 0.2) is 10.5 Å². The number of benzene rings is 10. The van der Waals surface area contributed by atoms with Crippen molar-refractivity contribution >= 4 is 88.9 Å². The van der Waals surface area contributed by atoms with E-state index in [1.54, 1.807) is 0 Å². The zero-order valence-corrected chi connectivity index (χ0v) is 47.1. The highest BCUT2D eigenvalue weighted by atomic mass is 32.2. The lowest BCUT2D eigenvalue weighted by molar-refractivity contribution is 0.590. The Hall–Kier alpha value is -8.25. The molecule has 0 amide bonds. The van der Waals surface area contributed by atoms with Gasteiger partial charge in [0.2, 0.25) is 0 Å². The van der Waals surface area contributed by atoms with E-state index in [2.05, 4.69) is 290 Å². The summed E-state index contributed by atoms with van der Waals surface area (Å²) in [5.41, 5.74) is 20.5. The molecule has 5 heteroatoms. The molecule has 1 atom stereocenters. The minimum Gasteiger partial charge on any atom is -0.455 e. The number of hydrogen-bond donors (Lipinski definition) is 0. The van der Waals surface area contributed by atoms with Crippen molar-refractivity contribution in [3.05, 3.63) is 257 Å². The Morgan fingerprint density at radius 1 is 0.410 bits per heavy atom. The Kier molecular flexibility index (Phi) is 11.7. The van der Waals surface area contributed by atoms with Crippen LogP contribution < -0.4 is 9.80 Å². The fourth-order valence-electron chi connectivity index (χ4n) is 12.5. The molecule has 2 heterocycles. The number of rotatable bonds is 9. The molecule has 78 heavy (non-hydrogen) atoms. The van der Waals surface area contributed by atoms with Crippen LogP contribution in [0.5, 0.6) is 0 Å². The van der Waals surface area contributed by atoms with Gasteiger partial charge < -0.3 is 18.6 Å². The van der Waals surface area contributed by atoms with E-state index in [0.717, 1.165) is 94.7 Å². The van der Waals surface area contributed by atoms with E-state index in [-0.39, 0.29) is 21.7 Å². The van der Waals surface area contributed by atoms with Crippen LogP contribution in [0.15, 0.2) is 226 Å². The van der Waals surface area contributed by atoms with Crippen molar-refractivity contribution in [1.82, 2.24) is 0 Å². The number of fused-ring (bicyclic) bond motifs is 11. The molecule has 384 valence electrons. The van der Waals surface area contributed by atoms with Crippen LogP contribution in [-0.2, 0) is 27.1 Å². The van der Waals surface area contributed by atoms with Crippen LogP contribution in [0.3, 0.4) is 0 Å². The fourth-order valence-corrected chi connectivity index (χ4v) is 13.1. The first-order valence-corrected chi connectivity index (χ1v) is 29.3. The molecule has 1 unspecified atom stereocenters. The number of furan rings is 2. The molecular formula is C73H65N2O2S+. The summed E-state index contributed by atoms with van der Waals surface area (Å²) in [6, 6.07) is 78.9. The molecule has 1 aliphatic rings. The highest BCUT2D eigenvalue weighted by Crippen LogP contribution is 2.65. The summed E-state index contributed by atoms with van der Waals surface area (Å²) in [6.45, 7) is 18.2. The Labute approximate surface area is 461 Å². The zero-order chi connectivity index (χ0) is 53.8. The Bertz CT molecular complexity index is 4250. The maximum atomic E-state index is 7.57. The number of anilines is 6. The quantitative estimate of drug-likeness (QED) is 0.135. The standard InChI is InChI=1S/C73H65N2O2S/c1-46-29-30-47(2)58(43-46)73(50-35-41-55(42-36-50)78(9)10)59-45-62(75(52-23-15-12-16-24-52)54-39-33-49(34-40-54)72(6,7)8)69-66(57-26-18-20-28-64(57)76-69)67(59)68-60(73)44-61(65-56-25-17-19-27-63(56)77-70(65)68)74(51-21-13-11-14-22-51)53-37-31-48(32-38-53)71(3,4)5/h11-45H,1-10H3/q+1. The van der Waals surface area contributed by atoms with Gasteiger partial charge in [0.1, 0.15) is 29.3 Å². The Balaban J connectivity index is 1.26. The molecular weight excluding hydrogens is 969 g/mol. The lowest BCUT2D eigenvalue weighted by Crippen LogP contribution is -2.30. The Morgan fingerprint density at radius 2 is 0.872 bits per heavy atom. The normalized spacial score (nSPS) is 14.4. The van der Waals surface area contributed by atoms with Crippen molar-refractivity contribution < 1.29 is 8.83 Å². The molecule has 1 aliphatic carbocycles. The number of nitrogens with zero attached hydrogens (tertiary/aromatic N) is 2. The van der Waals surface area contributed by atoms with Crippen molar-refractivity contribution in [2.75, 3.05) is 22.3 Å². The van der Waals surface area contributed by atoms with Gasteiger partial charge in [-0.3, -0.25) is 0 Å². The van der Waals surface area contributed by atoms with Crippen molar-refractivity contribution in [2.24, 2.45) is 0 Å². The first kappa shape index (κ1) is 49.3. The number of para-hydroxylation sites is 4. The smallest absolute Gasteiger partial charge is 0.160 e. The highest BCUT2D eigenvalue weighted by Gasteiger charge is 2.51. The van der Waals surface area contributed by atoms with E-state index in [1.165, 1.54) is 43.8 Å². The van der Waals surface area contributed by atoms with Crippen molar-refractivity contribution in [3.63, 3.8) is 0 Å². The van der Waals surface area contributed by atoms with Crippen LogP contribution in [-0.4, -0.2) is 12.5 Å². The molecule has 12 aromatic rings. The van der Waals surface area contributed by atoms with Crippen LogP contribution in [0.1, 0.15) is 86.1 Å². The average Bonchev–Trinajstić information content (AvgIpc) is 3.18. The van der Waals surface area contributed by atoms with Crippen LogP contribution in [0.4, 0.5) is 34.1 Å². The maximum absolute atomic E-state index is 7.57. The van der Waals surface area contributed by atoms with Gasteiger partial charge in [-0.2, -0.15) is 0 Å². The van der Waals surface area contributed by atoms with E-state index in [1.807, 2.05) is 0 Å². The van der Waals surface area contributed by atoms with Crippen molar-refractivity contribution in [3.8, 4) is 11.1 Å². The summed E-state index contributed by atoms with van der Waals surface area (Å²) in [7, 11) is 0.0379. The van der Waals surface area contributed by atoms with Crippen molar-refractivity contribution in [2.45, 2.75) is 76.5 Å². The molecule has 0 N–H and O–H groups in total. The lowest BCUT2D eigenvalue weighted by Gasteiger charge is -2.37. The second-order valence-corrected chi connectivity index (χ2v) is 25.7. The molecule has 13 rings (SSSR count). The predicted molar refractivity (Wildman–Crippen MR) is 332 cm³/mol. The van der Waals surface area contributed by atoms with Crippen molar-refractivity contribution in [1.29, 1.82) is 0 Å². The largest absolute Gasteiger partial charge is 0.455 e. The maximum Gasteiger partial charge on any atom is 0.160 e. The van der Waals surface area contributed by atoms with Gasteiger partial charge >= 0.3 is 0 Å². The van der Waals surface area contributed by atoms with Gasteiger partial charge in [0.25, 0.3) is 0 Å². The third-order valence-electron chi connectivity index (χ3n) is 16.4. The van der Waals surface area contributed by atoms with Crippen LogP contribution in [0, 0.1) is 13.8 Å². The molecule has 0 saturated heterocycles. The van der Waals surface area contributed by atoms with E-state index >= 15 is 0 Å². The summed E-state index contributed by atoms with van der Waals surface area (Å²) in [5, 5.41) is 4.23. The third kappa shape index (κ3) is 7.80. The second kappa shape index (κ2) is 18.5. The molecule has 0 radical (unpaired) electrons. The van der Waals surface area contributed by atoms with E-state index in [0.29, 0.717) is 0 Å². The molecule has 0 saturated carbocycles. The SMILES string of the molecule is Cc1ccc(C)c(C2(c3ccc([S+](C)C)cc3)c3cc(N(c4ccccc4)c4ccc(C(C)(C)C)cc4)c4c(oc5ccccc54)c3-c3c2cc(N(c2ccccc2)c2ccc(C(C)(C)C)cc2)c2oc4ccccc4c32)c1. The second-order valence-electron chi connectivity index (χ2n) is 23.6. The van der Waals surface area contributed by atoms with E-state index in [9.17, 15) is 0 Å². The van der Waals surface area contributed by atoms with Gasteiger partial charge in [-0.1, -0.05) is 174 Å². The first-order chi connectivity index (χ1) is 37.6. The lowest BCUT2D eigenvalue weighted by atomic mass is 9.66. The van der Waals surface area contributed by atoms with Gasteiger partial charge in [-0.25, -0.2) is 0 Å². The Morgan fingerprint density at radius 3 is 1.41 bits per heavy atom. The fraction of sp³-hybridized carbons (Fsp3) is 0.178. The predicted octanol–water partition coefficient (Wildman–Crippen LogP) is 20.2. The number of aryl methyl sites for hydroxylation is 2. The van der Waals surface area contributed by atoms with E-state index < -0.39 is 5.41 Å². The van der Waals surface area contributed by atoms with Gasteiger partial charge in [0, 0.05) is 60.9 Å². The molecule has 4 nitrogen and oxygen atoms in total. The molecule has 0 aliphatic heterocycles. The molecule has 0 spiro atoms.